The van der Waals surface area contributed by atoms with Gasteiger partial charge in [-0.2, -0.15) is 0 Å². The lowest BCUT2D eigenvalue weighted by atomic mass is 10.1. The van der Waals surface area contributed by atoms with E-state index in [1.54, 1.807) is 47.8 Å². The Hall–Kier alpha value is -1.89. The van der Waals surface area contributed by atoms with Gasteiger partial charge in [0.2, 0.25) is 0 Å². The number of nitrogens with zero attached hydrogens (tertiary/aromatic N) is 3. The third kappa shape index (κ3) is 3.90. The number of thiazole rings is 1. The Morgan fingerprint density at radius 2 is 2.26 bits per heavy atom. The minimum Gasteiger partial charge on any atom is -0.451 e. The molecule has 3 rings (SSSR count). The molecule has 0 spiro atoms. The summed E-state index contributed by atoms with van der Waals surface area (Å²) in [5.41, 5.74) is 2.53. The molecule has 23 heavy (non-hydrogen) atoms. The van der Waals surface area contributed by atoms with Crippen LogP contribution in [0.3, 0.4) is 0 Å². The number of ether oxygens (including phenoxy) is 1. The second-order valence-electron chi connectivity index (χ2n) is 4.69. The first-order valence-corrected chi connectivity index (χ1v) is 8.33. The quantitative estimate of drug-likeness (QED) is 0.632. The number of carbonyl (C=O) groups excluding carboxylic acids is 1. The van der Waals surface area contributed by atoms with Gasteiger partial charge in [0, 0.05) is 33.4 Å². The number of esters is 1. The fraction of sp³-hybridized carbons (Fsp3) is 0.133. The normalized spacial score (nSPS) is 12.1. The van der Waals surface area contributed by atoms with E-state index >= 15 is 0 Å². The predicted octanol–water partition coefficient (Wildman–Crippen LogP) is 4.24. The number of hydrogen-bond donors (Lipinski definition) is 0. The number of aromatic nitrogens is 3. The minimum absolute atomic E-state index is 0.274. The SMILES string of the molecule is O=C(OC(Cn1ccnc1)c1ccc(Cl)cc1Cl)c1cscn1. The van der Waals surface area contributed by atoms with Crippen molar-refractivity contribution in [1.29, 1.82) is 0 Å². The average Bonchev–Trinajstić information content (AvgIpc) is 3.20. The molecule has 0 bridgehead atoms. The topological polar surface area (TPSA) is 57.0 Å². The maximum absolute atomic E-state index is 12.2. The van der Waals surface area contributed by atoms with E-state index in [0.717, 1.165) is 0 Å². The van der Waals surface area contributed by atoms with E-state index in [-0.39, 0.29) is 5.69 Å². The fourth-order valence-corrected chi connectivity index (χ4v) is 3.10. The maximum atomic E-state index is 12.2. The summed E-state index contributed by atoms with van der Waals surface area (Å²) in [4.78, 5) is 20.2. The molecule has 0 N–H and O–H groups in total. The summed E-state index contributed by atoms with van der Waals surface area (Å²) in [7, 11) is 0. The van der Waals surface area contributed by atoms with Gasteiger partial charge in [0.05, 0.1) is 18.4 Å². The van der Waals surface area contributed by atoms with Crippen LogP contribution in [0.1, 0.15) is 22.2 Å². The minimum atomic E-state index is -0.580. The summed E-state index contributed by atoms with van der Waals surface area (Å²) in [5, 5.41) is 2.60. The summed E-state index contributed by atoms with van der Waals surface area (Å²) in [6, 6.07) is 5.08. The highest BCUT2D eigenvalue weighted by Gasteiger charge is 2.22. The van der Waals surface area contributed by atoms with Crippen LogP contribution in [0.5, 0.6) is 0 Å². The Morgan fingerprint density at radius 1 is 1.39 bits per heavy atom. The van der Waals surface area contributed by atoms with Crippen molar-refractivity contribution in [3.63, 3.8) is 0 Å². The van der Waals surface area contributed by atoms with E-state index in [9.17, 15) is 4.79 Å². The van der Waals surface area contributed by atoms with E-state index in [0.29, 0.717) is 22.2 Å². The summed E-state index contributed by atoms with van der Waals surface area (Å²) >= 11 is 13.5. The second-order valence-corrected chi connectivity index (χ2v) is 6.26. The van der Waals surface area contributed by atoms with Crippen molar-refractivity contribution in [3.8, 4) is 0 Å². The van der Waals surface area contributed by atoms with Crippen LogP contribution in [-0.4, -0.2) is 20.5 Å². The first-order chi connectivity index (χ1) is 11.1. The summed E-state index contributed by atoms with van der Waals surface area (Å²) in [5.74, 6) is -0.498. The molecule has 0 aliphatic rings. The van der Waals surface area contributed by atoms with Crippen molar-refractivity contribution < 1.29 is 9.53 Å². The Labute approximate surface area is 146 Å². The zero-order valence-electron chi connectivity index (χ0n) is 11.7. The van der Waals surface area contributed by atoms with Crippen LogP contribution < -0.4 is 0 Å². The lowest BCUT2D eigenvalue weighted by molar-refractivity contribution is 0.0249. The molecule has 0 saturated heterocycles. The van der Waals surface area contributed by atoms with Crippen molar-refractivity contribution in [2.24, 2.45) is 0 Å². The monoisotopic (exact) mass is 367 g/mol. The van der Waals surface area contributed by atoms with Crippen LogP contribution in [0.2, 0.25) is 10.0 Å². The van der Waals surface area contributed by atoms with Crippen LogP contribution in [0.25, 0.3) is 0 Å². The molecule has 0 amide bonds. The van der Waals surface area contributed by atoms with Crippen molar-refractivity contribution in [1.82, 2.24) is 14.5 Å². The molecule has 118 valence electrons. The molecule has 2 heterocycles. The fourth-order valence-electron chi connectivity index (χ4n) is 2.05. The van der Waals surface area contributed by atoms with E-state index in [4.69, 9.17) is 27.9 Å². The Kier molecular flexibility index (Phi) is 4.95. The predicted molar refractivity (Wildman–Crippen MR) is 89.0 cm³/mol. The summed E-state index contributed by atoms with van der Waals surface area (Å²) < 4.78 is 7.41. The first-order valence-electron chi connectivity index (χ1n) is 6.63. The first kappa shape index (κ1) is 16.0. The smallest absolute Gasteiger partial charge is 0.358 e. The van der Waals surface area contributed by atoms with Crippen LogP contribution in [-0.2, 0) is 11.3 Å². The zero-order chi connectivity index (χ0) is 16.2. The van der Waals surface area contributed by atoms with Crippen molar-refractivity contribution >= 4 is 40.5 Å². The van der Waals surface area contributed by atoms with E-state index < -0.39 is 12.1 Å². The Bertz CT molecular complexity index is 791. The van der Waals surface area contributed by atoms with Crippen LogP contribution in [0.4, 0.5) is 0 Å². The Morgan fingerprint density at radius 3 is 2.91 bits per heavy atom. The standard InChI is InChI=1S/C15H11Cl2N3O2S/c16-10-1-2-11(12(17)5-10)14(6-20-4-3-18-8-20)22-15(21)13-7-23-9-19-13/h1-5,7-9,14H,6H2. The molecule has 1 atom stereocenters. The molecular weight excluding hydrogens is 357 g/mol. The molecule has 1 unspecified atom stereocenters. The van der Waals surface area contributed by atoms with Gasteiger partial charge in [-0.15, -0.1) is 11.3 Å². The third-order valence-corrected chi connectivity index (χ3v) is 4.28. The zero-order valence-corrected chi connectivity index (χ0v) is 14.1. The highest BCUT2D eigenvalue weighted by atomic mass is 35.5. The van der Waals surface area contributed by atoms with Gasteiger partial charge >= 0.3 is 5.97 Å². The van der Waals surface area contributed by atoms with Gasteiger partial charge in [-0.3, -0.25) is 0 Å². The average molecular weight is 368 g/mol. The number of hydrogen-bond acceptors (Lipinski definition) is 5. The second kappa shape index (κ2) is 7.12. The van der Waals surface area contributed by atoms with Gasteiger partial charge in [0.1, 0.15) is 6.10 Å². The molecule has 0 aliphatic heterocycles. The van der Waals surface area contributed by atoms with Crippen LogP contribution in [0, 0.1) is 0 Å². The molecule has 2 aromatic heterocycles. The highest BCUT2D eigenvalue weighted by Crippen LogP contribution is 2.30. The van der Waals surface area contributed by atoms with Crippen molar-refractivity contribution in [2.45, 2.75) is 12.6 Å². The van der Waals surface area contributed by atoms with Gasteiger partial charge in [0.25, 0.3) is 0 Å². The van der Waals surface area contributed by atoms with Crippen LogP contribution in [0.15, 0.2) is 47.8 Å². The summed E-state index contributed by atoms with van der Waals surface area (Å²) in [6.45, 7) is 0.386. The maximum Gasteiger partial charge on any atom is 0.358 e. The van der Waals surface area contributed by atoms with Gasteiger partial charge in [-0.05, 0) is 12.1 Å². The van der Waals surface area contributed by atoms with Crippen molar-refractivity contribution in [3.05, 3.63) is 69.1 Å². The Balaban J connectivity index is 1.88. The lowest BCUT2D eigenvalue weighted by Gasteiger charge is -2.19. The van der Waals surface area contributed by atoms with Gasteiger partial charge in [-0.1, -0.05) is 29.3 Å². The highest BCUT2D eigenvalue weighted by molar-refractivity contribution is 7.07. The number of imidazole rings is 1. The molecule has 0 saturated carbocycles. The molecule has 0 fully saturated rings. The number of carbonyl (C=O) groups is 1. The molecule has 0 aliphatic carbocycles. The lowest BCUT2D eigenvalue weighted by Crippen LogP contribution is -2.17. The number of benzene rings is 1. The van der Waals surface area contributed by atoms with Crippen molar-refractivity contribution in [2.75, 3.05) is 0 Å². The summed E-state index contributed by atoms with van der Waals surface area (Å²) in [6.07, 6.45) is 4.51. The van der Waals surface area contributed by atoms with E-state index in [1.807, 2.05) is 4.57 Å². The van der Waals surface area contributed by atoms with Gasteiger partial charge in [-0.25, -0.2) is 14.8 Å². The largest absolute Gasteiger partial charge is 0.451 e. The van der Waals surface area contributed by atoms with Gasteiger partial charge < -0.3 is 9.30 Å². The van der Waals surface area contributed by atoms with E-state index in [2.05, 4.69) is 9.97 Å². The van der Waals surface area contributed by atoms with Gasteiger partial charge in [0.15, 0.2) is 5.69 Å². The number of rotatable bonds is 5. The molecule has 1 aromatic carbocycles. The molecular formula is C15H11Cl2N3O2S. The molecule has 0 radical (unpaired) electrons. The molecule has 3 aromatic rings. The van der Waals surface area contributed by atoms with E-state index in [1.165, 1.54) is 11.3 Å². The third-order valence-electron chi connectivity index (χ3n) is 3.14. The molecule has 5 nitrogen and oxygen atoms in total. The van der Waals surface area contributed by atoms with Crippen LogP contribution >= 0.6 is 34.5 Å². The number of halogens is 2. The molecule has 8 heteroatoms.